The van der Waals surface area contributed by atoms with E-state index in [2.05, 4.69) is 28.6 Å². The minimum absolute atomic E-state index is 0.196. The molecule has 0 radical (unpaired) electrons. The van der Waals surface area contributed by atoms with Gasteiger partial charge in [-0.1, -0.05) is 37.2 Å². The van der Waals surface area contributed by atoms with Crippen LogP contribution in [0.3, 0.4) is 0 Å². The van der Waals surface area contributed by atoms with Gasteiger partial charge in [0.1, 0.15) is 17.1 Å². The topological polar surface area (TPSA) is 77.2 Å². The Kier molecular flexibility index (Phi) is 7.78. The van der Waals surface area contributed by atoms with Gasteiger partial charge < -0.3 is 14.4 Å². The number of thioether (sulfide) groups is 1. The molecule has 0 spiro atoms. The first-order valence-corrected chi connectivity index (χ1v) is 9.65. The second kappa shape index (κ2) is 10.1. The van der Waals surface area contributed by atoms with E-state index in [0.29, 0.717) is 12.4 Å². The number of para-hydroxylation sites is 1. The Balaban J connectivity index is 1.80. The van der Waals surface area contributed by atoms with Gasteiger partial charge in [-0.3, -0.25) is 0 Å². The Morgan fingerprint density at radius 1 is 1.24 bits per heavy atom. The number of carboxylic acid groups (broad SMARTS) is 1. The van der Waals surface area contributed by atoms with E-state index in [1.807, 2.05) is 0 Å². The molecule has 6 nitrogen and oxygen atoms in total. The van der Waals surface area contributed by atoms with Crippen molar-refractivity contribution in [2.45, 2.75) is 51.2 Å². The van der Waals surface area contributed by atoms with Gasteiger partial charge in [0.15, 0.2) is 5.16 Å². The van der Waals surface area contributed by atoms with Crippen LogP contribution in [-0.4, -0.2) is 38.2 Å². The Morgan fingerprint density at radius 3 is 2.76 bits per heavy atom. The molecule has 0 saturated heterocycles. The number of nitrogens with zero attached hydrogens (tertiary/aromatic N) is 3. The Labute approximate surface area is 152 Å². The Morgan fingerprint density at radius 2 is 2.04 bits per heavy atom. The Bertz CT molecular complexity index is 688. The lowest BCUT2D eigenvalue weighted by atomic mass is 10.2. The van der Waals surface area contributed by atoms with Crippen LogP contribution < -0.4 is 4.74 Å². The van der Waals surface area contributed by atoms with Gasteiger partial charge in [-0.05, 0) is 31.9 Å². The summed E-state index contributed by atoms with van der Waals surface area (Å²) in [6.07, 6.45) is 4.04. The minimum atomic E-state index is -0.972. The van der Waals surface area contributed by atoms with Gasteiger partial charge in [-0.25, -0.2) is 4.79 Å². The third kappa shape index (κ3) is 5.49. The highest BCUT2D eigenvalue weighted by atomic mass is 32.2. The number of carbonyl (C=O) groups is 1. The van der Waals surface area contributed by atoms with E-state index in [1.165, 1.54) is 0 Å². The van der Waals surface area contributed by atoms with Crippen molar-refractivity contribution in [3.05, 3.63) is 35.7 Å². The smallest absolute Gasteiger partial charge is 0.339 e. The maximum atomic E-state index is 11.1. The zero-order valence-corrected chi connectivity index (χ0v) is 15.6. The molecule has 7 heteroatoms. The van der Waals surface area contributed by atoms with Gasteiger partial charge in [0.2, 0.25) is 0 Å². The molecule has 1 heterocycles. The average molecular weight is 363 g/mol. The second-order valence-electron chi connectivity index (χ2n) is 5.60. The molecule has 2 rings (SSSR count). The number of hydrogen-bond donors (Lipinski definition) is 1. The fourth-order valence-electron chi connectivity index (χ4n) is 2.44. The molecule has 136 valence electrons. The van der Waals surface area contributed by atoms with Crippen molar-refractivity contribution in [1.29, 1.82) is 0 Å². The highest BCUT2D eigenvalue weighted by Gasteiger charge is 2.12. The van der Waals surface area contributed by atoms with Crippen molar-refractivity contribution in [3.63, 3.8) is 0 Å². The molecule has 0 bridgehead atoms. The van der Waals surface area contributed by atoms with E-state index < -0.39 is 5.97 Å². The van der Waals surface area contributed by atoms with Crippen molar-refractivity contribution >= 4 is 17.7 Å². The summed E-state index contributed by atoms with van der Waals surface area (Å²) in [6.45, 7) is 5.62. The first kappa shape index (κ1) is 19.3. The second-order valence-corrected chi connectivity index (χ2v) is 6.66. The van der Waals surface area contributed by atoms with Gasteiger partial charge >= 0.3 is 5.97 Å². The number of aromatic carboxylic acids is 1. The molecule has 0 fully saturated rings. The number of carboxylic acids is 1. The predicted octanol–water partition coefficient (Wildman–Crippen LogP) is 3.90. The van der Waals surface area contributed by atoms with E-state index in [4.69, 9.17) is 9.84 Å². The zero-order chi connectivity index (χ0) is 18.1. The summed E-state index contributed by atoms with van der Waals surface area (Å²) in [5, 5.41) is 18.7. The molecule has 1 aromatic carbocycles. The summed E-state index contributed by atoms with van der Waals surface area (Å²) in [5.74, 6) is 1.35. The summed E-state index contributed by atoms with van der Waals surface area (Å²) in [4.78, 5) is 11.1. The van der Waals surface area contributed by atoms with Gasteiger partial charge in [0.25, 0.3) is 0 Å². The van der Waals surface area contributed by atoms with Crippen LogP contribution in [0.1, 0.15) is 49.3 Å². The number of rotatable bonds is 11. The number of aryl methyl sites for hydroxylation is 1. The van der Waals surface area contributed by atoms with Crippen LogP contribution in [-0.2, 0) is 13.0 Å². The average Bonchev–Trinajstić information content (AvgIpc) is 3.01. The summed E-state index contributed by atoms with van der Waals surface area (Å²) in [6, 6.07) is 6.70. The van der Waals surface area contributed by atoms with E-state index in [1.54, 1.807) is 36.0 Å². The monoisotopic (exact) mass is 363 g/mol. The number of benzene rings is 1. The lowest BCUT2D eigenvalue weighted by Gasteiger charge is -2.09. The van der Waals surface area contributed by atoms with Crippen molar-refractivity contribution < 1.29 is 14.6 Å². The van der Waals surface area contributed by atoms with Crippen LogP contribution in [0.2, 0.25) is 0 Å². The quantitative estimate of drug-likeness (QED) is 0.482. The molecule has 0 atom stereocenters. The summed E-state index contributed by atoms with van der Waals surface area (Å²) >= 11 is 1.66. The van der Waals surface area contributed by atoms with Crippen molar-refractivity contribution in [2.24, 2.45) is 0 Å². The maximum Gasteiger partial charge on any atom is 0.339 e. The largest absolute Gasteiger partial charge is 0.493 e. The van der Waals surface area contributed by atoms with Crippen LogP contribution in [0.15, 0.2) is 29.4 Å². The molecule has 0 unspecified atom stereocenters. The standard InChI is InChI=1S/C18H25N3O3S/c1-3-5-11-16-19-20-18(21(16)4-2)25-13-8-12-24-15-10-7-6-9-14(15)17(22)23/h6-7,9-10H,3-5,8,11-13H2,1-2H3,(H,22,23). The SMILES string of the molecule is CCCCc1nnc(SCCCOc2ccccc2C(=O)O)n1CC. The van der Waals surface area contributed by atoms with Gasteiger partial charge in [-0.2, -0.15) is 0 Å². The van der Waals surface area contributed by atoms with E-state index >= 15 is 0 Å². The van der Waals surface area contributed by atoms with Gasteiger partial charge in [0.05, 0.1) is 6.61 Å². The van der Waals surface area contributed by atoms with Crippen LogP contribution in [0.25, 0.3) is 0 Å². The zero-order valence-electron chi connectivity index (χ0n) is 14.8. The third-order valence-electron chi connectivity index (χ3n) is 3.76. The first-order valence-electron chi connectivity index (χ1n) is 8.67. The first-order chi connectivity index (χ1) is 12.2. The molecule has 25 heavy (non-hydrogen) atoms. The third-order valence-corrected chi connectivity index (χ3v) is 4.81. The number of unbranched alkanes of at least 4 members (excludes halogenated alkanes) is 1. The molecular weight excluding hydrogens is 338 g/mol. The van der Waals surface area contributed by atoms with Gasteiger partial charge in [-0.15, -0.1) is 10.2 Å². The number of ether oxygens (including phenoxy) is 1. The molecule has 1 aromatic heterocycles. The van der Waals surface area contributed by atoms with Crippen LogP contribution in [0.4, 0.5) is 0 Å². The van der Waals surface area contributed by atoms with E-state index in [-0.39, 0.29) is 5.56 Å². The molecule has 0 aliphatic heterocycles. The van der Waals surface area contributed by atoms with Gasteiger partial charge in [0, 0.05) is 18.7 Å². The highest BCUT2D eigenvalue weighted by Crippen LogP contribution is 2.21. The van der Waals surface area contributed by atoms with Crippen molar-refractivity contribution in [3.8, 4) is 5.75 Å². The lowest BCUT2D eigenvalue weighted by molar-refractivity contribution is 0.0692. The minimum Gasteiger partial charge on any atom is -0.493 e. The summed E-state index contributed by atoms with van der Waals surface area (Å²) in [7, 11) is 0. The van der Waals surface area contributed by atoms with Crippen LogP contribution in [0.5, 0.6) is 5.75 Å². The van der Waals surface area contributed by atoms with E-state index in [9.17, 15) is 4.79 Å². The number of hydrogen-bond acceptors (Lipinski definition) is 5. The fraction of sp³-hybridized carbons (Fsp3) is 0.500. The highest BCUT2D eigenvalue weighted by molar-refractivity contribution is 7.99. The molecular formula is C18H25N3O3S. The van der Waals surface area contributed by atoms with Crippen LogP contribution in [0, 0.1) is 0 Å². The predicted molar refractivity (Wildman–Crippen MR) is 98.5 cm³/mol. The van der Waals surface area contributed by atoms with E-state index in [0.717, 1.165) is 49.0 Å². The normalized spacial score (nSPS) is 10.8. The summed E-state index contributed by atoms with van der Waals surface area (Å²) in [5.41, 5.74) is 0.196. The molecule has 0 aliphatic carbocycles. The van der Waals surface area contributed by atoms with Crippen molar-refractivity contribution in [2.75, 3.05) is 12.4 Å². The molecule has 0 saturated carbocycles. The fourth-order valence-corrected chi connectivity index (χ4v) is 3.37. The molecule has 0 amide bonds. The Hall–Kier alpha value is -2.02. The molecule has 2 aromatic rings. The molecule has 1 N–H and O–H groups in total. The molecule has 0 aliphatic rings. The lowest BCUT2D eigenvalue weighted by Crippen LogP contribution is -2.06. The van der Waals surface area contributed by atoms with Crippen molar-refractivity contribution in [1.82, 2.24) is 14.8 Å². The number of aromatic nitrogens is 3. The summed E-state index contributed by atoms with van der Waals surface area (Å²) < 4.78 is 7.78. The van der Waals surface area contributed by atoms with Crippen LogP contribution >= 0.6 is 11.8 Å². The maximum absolute atomic E-state index is 11.1.